The molecule has 0 fully saturated rings. The van der Waals surface area contributed by atoms with Crippen molar-refractivity contribution in [1.29, 1.82) is 0 Å². The highest BCUT2D eigenvalue weighted by Crippen LogP contribution is 2.25. The molecule has 2 aromatic rings. The second-order valence-corrected chi connectivity index (χ2v) is 3.85. The van der Waals surface area contributed by atoms with Crippen LogP contribution in [0.4, 0.5) is 0 Å². The zero-order chi connectivity index (χ0) is 12.3. The number of hydrogen-bond acceptors (Lipinski definition) is 3. The monoisotopic (exact) mass is 250 g/mol. The maximum absolute atomic E-state index is 11.0. The quantitative estimate of drug-likeness (QED) is 0.853. The molecule has 0 atom stereocenters. The van der Waals surface area contributed by atoms with Crippen molar-refractivity contribution in [3.05, 3.63) is 35.1 Å². The molecule has 0 spiro atoms. The summed E-state index contributed by atoms with van der Waals surface area (Å²) < 4.78 is 4.54. The SMILES string of the molecule is COC(=O)CC=Cc1c[nH]c2nccc(Cl)c12. The van der Waals surface area contributed by atoms with Crippen molar-refractivity contribution in [3.8, 4) is 0 Å². The van der Waals surface area contributed by atoms with Gasteiger partial charge in [-0.05, 0) is 6.07 Å². The zero-order valence-electron chi connectivity index (χ0n) is 9.24. The molecule has 4 nitrogen and oxygen atoms in total. The minimum atomic E-state index is -0.273. The van der Waals surface area contributed by atoms with Crippen LogP contribution in [0.2, 0.25) is 5.02 Å². The summed E-state index contributed by atoms with van der Waals surface area (Å²) in [5.41, 5.74) is 1.64. The Hall–Kier alpha value is -1.81. The number of hydrogen-bond donors (Lipinski definition) is 1. The molecule has 88 valence electrons. The van der Waals surface area contributed by atoms with E-state index in [1.54, 1.807) is 24.5 Å². The summed E-state index contributed by atoms with van der Waals surface area (Å²) >= 11 is 6.09. The molecule has 2 rings (SSSR count). The van der Waals surface area contributed by atoms with E-state index in [1.165, 1.54) is 7.11 Å². The summed E-state index contributed by atoms with van der Waals surface area (Å²) in [7, 11) is 1.36. The highest BCUT2D eigenvalue weighted by Gasteiger charge is 2.05. The molecule has 17 heavy (non-hydrogen) atoms. The lowest BCUT2D eigenvalue weighted by atomic mass is 10.2. The Labute approximate surface area is 103 Å². The topological polar surface area (TPSA) is 55.0 Å². The second-order valence-electron chi connectivity index (χ2n) is 3.44. The highest BCUT2D eigenvalue weighted by atomic mass is 35.5. The molecule has 0 unspecified atom stereocenters. The number of carbonyl (C=O) groups is 1. The first-order valence-electron chi connectivity index (χ1n) is 5.07. The Bertz CT molecular complexity index is 575. The lowest BCUT2D eigenvalue weighted by molar-refractivity contribution is -0.139. The maximum atomic E-state index is 11.0. The summed E-state index contributed by atoms with van der Waals surface area (Å²) in [6.07, 6.45) is 7.24. The van der Waals surface area contributed by atoms with Crippen LogP contribution < -0.4 is 0 Å². The first kappa shape index (κ1) is 11.7. The molecule has 0 bridgehead atoms. The van der Waals surface area contributed by atoms with Gasteiger partial charge in [0.2, 0.25) is 0 Å². The van der Waals surface area contributed by atoms with E-state index in [4.69, 9.17) is 11.6 Å². The van der Waals surface area contributed by atoms with Crippen molar-refractivity contribution in [3.63, 3.8) is 0 Å². The molecule has 0 radical (unpaired) electrons. The fraction of sp³-hybridized carbons (Fsp3) is 0.167. The molecule has 0 aliphatic carbocycles. The molecule has 2 aromatic heterocycles. The van der Waals surface area contributed by atoms with E-state index >= 15 is 0 Å². The maximum Gasteiger partial charge on any atom is 0.309 e. The summed E-state index contributed by atoms with van der Waals surface area (Å²) in [6, 6.07) is 1.73. The largest absolute Gasteiger partial charge is 0.469 e. The molecule has 2 heterocycles. The fourth-order valence-corrected chi connectivity index (χ4v) is 1.79. The van der Waals surface area contributed by atoms with Crippen molar-refractivity contribution in [1.82, 2.24) is 9.97 Å². The lowest BCUT2D eigenvalue weighted by Crippen LogP contribution is -1.96. The van der Waals surface area contributed by atoms with E-state index in [2.05, 4.69) is 14.7 Å². The minimum Gasteiger partial charge on any atom is -0.469 e. The average Bonchev–Trinajstić information content (AvgIpc) is 2.74. The van der Waals surface area contributed by atoms with Crippen LogP contribution in [0.3, 0.4) is 0 Å². The van der Waals surface area contributed by atoms with Gasteiger partial charge in [0.25, 0.3) is 0 Å². The van der Waals surface area contributed by atoms with Gasteiger partial charge in [-0.25, -0.2) is 4.98 Å². The van der Waals surface area contributed by atoms with Crippen LogP contribution in [0.15, 0.2) is 24.5 Å². The normalized spacial score (nSPS) is 11.2. The van der Waals surface area contributed by atoms with Gasteiger partial charge < -0.3 is 9.72 Å². The van der Waals surface area contributed by atoms with Gasteiger partial charge in [-0.3, -0.25) is 4.79 Å². The number of carbonyl (C=O) groups excluding carboxylic acids is 1. The average molecular weight is 251 g/mol. The van der Waals surface area contributed by atoms with E-state index in [0.29, 0.717) is 5.02 Å². The van der Waals surface area contributed by atoms with Crippen molar-refractivity contribution < 1.29 is 9.53 Å². The van der Waals surface area contributed by atoms with Crippen LogP contribution in [-0.2, 0) is 9.53 Å². The molecule has 0 saturated carbocycles. The number of ether oxygens (including phenoxy) is 1. The molecular weight excluding hydrogens is 240 g/mol. The van der Waals surface area contributed by atoms with E-state index in [0.717, 1.165) is 16.6 Å². The third kappa shape index (κ3) is 2.47. The molecule has 0 saturated heterocycles. The number of nitrogens with zero attached hydrogens (tertiary/aromatic N) is 1. The summed E-state index contributed by atoms with van der Waals surface area (Å²) in [5, 5.41) is 1.49. The zero-order valence-corrected chi connectivity index (χ0v) is 9.99. The highest BCUT2D eigenvalue weighted by molar-refractivity contribution is 6.35. The van der Waals surface area contributed by atoms with Gasteiger partial charge in [0, 0.05) is 23.3 Å². The minimum absolute atomic E-state index is 0.237. The standard InChI is InChI=1S/C12H11ClN2O2/c1-17-10(16)4-2-3-8-7-15-12-11(8)9(13)5-6-14-12/h2-3,5-7H,4H2,1H3,(H,14,15). The van der Waals surface area contributed by atoms with Crippen LogP contribution in [0.5, 0.6) is 0 Å². The molecule has 5 heteroatoms. The Morgan fingerprint density at radius 3 is 3.24 bits per heavy atom. The number of rotatable bonds is 3. The van der Waals surface area contributed by atoms with Crippen molar-refractivity contribution in [2.24, 2.45) is 0 Å². The van der Waals surface area contributed by atoms with Gasteiger partial charge in [0.1, 0.15) is 5.65 Å². The number of pyridine rings is 1. The first-order valence-corrected chi connectivity index (χ1v) is 5.45. The molecule has 0 aromatic carbocycles. The molecule has 0 amide bonds. The third-order valence-electron chi connectivity index (χ3n) is 2.36. The first-order chi connectivity index (χ1) is 8.22. The van der Waals surface area contributed by atoms with Gasteiger partial charge in [0.05, 0.1) is 18.6 Å². The smallest absolute Gasteiger partial charge is 0.309 e. The number of fused-ring (bicyclic) bond motifs is 1. The predicted molar refractivity (Wildman–Crippen MR) is 66.8 cm³/mol. The summed E-state index contributed by atoms with van der Waals surface area (Å²) in [5.74, 6) is -0.273. The number of nitrogens with one attached hydrogen (secondary N) is 1. The molecule has 1 N–H and O–H groups in total. The number of aromatic nitrogens is 2. The number of aromatic amines is 1. The Kier molecular flexibility index (Phi) is 3.44. The number of halogens is 1. The van der Waals surface area contributed by atoms with E-state index in [9.17, 15) is 4.79 Å². The van der Waals surface area contributed by atoms with E-state index in [-0.39, 0.29) is 12.4 Å². The molecule has 0 aliphatic rings. The Morgan fingerprint density at radius 2 is 2.47 bits per heavy atom. The van der Waals surface area contributed by atoms with Crippen LogP contribution in [-0.4, -0.2) is 23.0 Å². The Morgan fingerprint density at radius 1 is 1.65 bits per heavy atom. The van der Waals surface area contributed by atoms with E-state index < -0.39 is 0 Å². The van der Waals surface area contributed by atoms with Crippen LogP contribution in [0.1, 0.15) is 12.0 Å². The summed E-state index contributed by atoms with van der Waals surface area (Å²) in [4.78, 5) is 18.1. The molecule has 0 aliphatic heterocycles. The van der Waals surface area contributed by atoms with Crippen LogP contribution in [0.25, 0.3) is 17.1 Å². The van der Waals surface area contributed by atoms with E-state index in [1.807, 2.05) is 6.08 Å². The molecular formula is C12H11ClN2O2. The predicted octanol–water partition coefficient (Wildman–Crippen LogP) is 2.79. The second kappa shape index (κ2) is 5.01. The lowest BCUT2D eigenvalue weighted by Gasteiger charge is -1.95. The fourth-order valence-electron chi connectivity index (χ4n) is 1.54. The van der Waals surface area contributed by atoms with Crippen LogP contribution >= 0.6 is 11.6 Å². The van der Waals surface area contributed by atoms with Crippen molar-refractivity contribution >= 4 is 34.7 Å². The summed E-state index contributed by atoms with van der Waals surface area (Å²) in [6.45, 7) is 0. The Balaban J connectivity index is 2.27. The van der Waals surface area contributed by atoms with Gasteiger partial charge >= 0.3 is 5.97 Å². The number of esters is 1. The van der Waals surface area contributed by atoms with Gasteiger partial charge in [-0.1, -0.05) is 23.8 Å². The van der Waals surface area contributed by atoms with Crippen LogP contribution in [0, 0.1) is 0 Å². The number of methoxy groups -OCH3 is 1. The van der Waals surface area contributed by atoms with Gasteiger partial charge in [0.15, 0.2) is 0 Å². The van der Waals surface area contributed by atoms with Gasteiger partial charge in [-0.15, -0.1) is 0 Å². The van der Waals surface area contributed by atoms with Gasteiger partial charge in [-0.2, -0.15) is 0 Å². The number of H-pyrrole nitrogens is 1. The van der Waals surface area contributed by atoms with Crippen molar-refractivity contribution in [2.45, 2.75) is 6.42 Å². The third-order valence-corrected chi connectivity index (χ3v) is 2.68. The van der Waals surface area contributed by atoms with Crippen molar-refractivity contribution in [2.75, 3.05) is 7.11 Å².